The van der Waals surface area contributed by atoms with Crippen LogP contribution < -0.4 is 5.48 Å². The van der Waals surface area contributed by atoms with Crippen LogP contribution in [0.25, 0.3) is 0 Å². The highest BCUT2D eigenvalue weighted by molar-refractivity contribution is 5.86. The highest BCUT2D eigenvalue weighted by Gasteiger charge is 2.23. The average molecular weight is 337 g/mol. The van der Waals surface area contributed by atoms with Crippen molar-refractivity contribution in [3.63, 3.8) is 0 Å². The summed E-state index contributed by atoms with van der Waals surface area (Å²) < 4.78 is 13.3. The molecule has 3 rings (SSSR count). The molecule has 0 spiro atoms. The van der Waals surface area contributed by atoms with E-state index >= 15 is 0 Å². The Morgan fingerprint density at radius 2 is 1.72 bits per heavy atom. The molecule has 25 heavy (non-hydrogen) atoms. The Bertz CT molecular complexity index is 796. The lowest BCUT2D eigenvalue weighted by Gasteiger charge is -2.22. The minimum absolute atomic E-state index is 0.0708. The molecule has 1 aliphatic carbocycles. The van der Waals surface area contributed by atoms with E-state index in [0.29, 0.717) is 0 Å². The number of amides is 1. The van der Waals surface area contributed by atoms with Gasteiger partial charge in [0.15, 0.2) is 0 Å². The average Bonchev–Trinajstić information content (AvgIpc) is 2.63. The molecule has 3 nitrogen and oxygen atoms in total. The molecule has 3 atom stereocenters. The molecule has 0 bridgehead atoms. The molecule has 2 N–H and O–H groups in total. The van der Waals surface area contributed by atoms with Gasteiger partial charge in [-0.15, -0.1) is 0 Å². The Kier molecular flexibility index (Phi) is 5.10. The second-order valence-corrected chi connectivity index (χ2v) is 6.28. The van der Waals surface area contributed by atoms with Gasteiger partial charge in [-0.25, -0.2) is 9.87 Å². The van der Waals surface area contributed by atoms with E-state index in [2.05, 4.69) is 0 Å². The predicted octanol–water partition coefficient (Wildman–Crippen LogP) is 4.47. The first-order valence-corrected chi connectivity index (χ1v) is 8.24. The summed E-state index contributed by atoms with van der Waals surface area (Å²) in [6.45, 7) is 1.98. The molecule has 4 heteroatoms. The standard InChI is InChI=1S/C21H20FNO2/c1-14-13-18(22)11-12-19(14)15-7-9-17(10-8-15)20(21(24)23-25)16-5-3-2-4-6-16/h2-14,19-20,25H,1H3,(H,23,24). The van der Waals surface area contributed by atoms with Crippen molar-refractivity contribution in [3.8, 4) is 0 Å². The zero-order valence-electron chi connectivity index (χ0n) is 13.9. The molecule has 0 heterocycles. The number of carbonyl (C=O) groups excluding carboxylic acids is 1. The third-order valence-corrected chi connectivity index (χ3v) is 4.61. The monoisotopic (exact) mass is 337 g/mol. The van der Waals surface area contributed by atoms with Crippen LogP contribution in [-0.2, 0) is 4.79 Å². The largest absolute Gasteiger partial charge is 0.289 e. The van der Waals surface area contributed by atoms with Gasteiger partial charge in [-0.05, 0) is 34.8 Å². The van der Waals surface area contributed by atoms with E-state index in [4.69, 9.17) is 5.21 Å². The Morgan fingerprint density at radius 3 is 2.32 bits per heavy atom. The third kappa shape index (κ3) is 3.69. The van der Waals surface area contributed by atoms with Crippen molar-refractivity contribution in [2.75, 3.05) is 0 Å². The molecule has 1 aliphatic rings. The minimum Gasteiger partial charge on any atom is -0.289 e. The first kappa shape index (κ1) is 17.1. The summed E-state index contributed by atoms with van der Waals surface area (Å²) in [4.78, 5) is 12.2. The number of hydrogen-bond acceptors (Lipinski definition) is 2. The lowest BCUT2D eigenvalue weighted by atomic mass is 9.82. The normalized spacial score (nSPS) is 20.7. The molecular formula is C21H20FNO2. The number of rotatable bonds is 4. The lowest BCUT2D eigenvalue weighted by Crippen LogP contribution is -2.27. The number of allylic oxidation sites excluding steroid dienone is 4. The Hall–Kier alpha value is -2.72. The molecular weight excluding hydrogens is 317 g/mol. The summed E-state index contributed by atoms with van der Waals surface area (Å²) in [5.41, 5.74) is 4.41. The third-order valence-electron chi connectivity index (χ3n) is 4.61. The van der Waals surface area contributed by atoms with Crippen LogP contribution in [0.1, 0.15) is 35.4 Å². The maximum Gasteiger partial charge on any atom is 0.255 e. The fourth-order valence-electron chi connectivity index (χ4n) is 3.31. The van der Waals surface area contributed by atoms with E-state index in [1.165, 1.54) is 6.08 Å². The molecule has 1 amide bonds. The molecule has 2 aromatic carbocycles. The van der Waals surface area contributed by atoms with Crippen LogP contribution in [0, 0.1) is 5.92 Å². The fraction of sp³-hybridized carbons (Fsp3) is 0.190. The number of halogens is 1. The van der Waals surface area contributed by atoms with Gasteiger partial charge in [-0.2, -0.15) is 0 Å². The van der Waals surface area contributed by atoms with Crippen LogP contribution in [-0.4, -0.2) is 11.1 Å². The predicted molar refractivity (Wildman–Crippen MR) is 94.9 cm³/mol. The Morgan fingerprint density at radius 1 is 1.08 bits per heavy atom. The zero-order chi connectivity index (χ0) is 17.8. The quantitative estimate of drug-likeness (QED) is 0.639. The summed E-state index contributed by atoms with van der Waals surface area (Å²) in [6, 6.07) is 17.0. The van der Waals surface area contributed by atoms with Gasteiger partial charge < -0.3 is 0 Å². The minimum atomic E-state index is -0.586. The molecule has 128 valence electrons. The molecule has 0 fully saturated rings. The highest BCUT2D eigenvalue weighted by Crippen LogP contribution is 2.33. The summed E-state index contributed by atoms with van der Waals surface area (Å²) in [5, 5.41) is 9.10. The van der Waals surface area contributed by atoms with Crippen LogP contribution >= 0.6 is 0 Å². The Labute approximate surface area is 146 Å². The lowest BCUT2D eigenvalue weighted by molar-refractivity contribution is -0.129. The van der Waals surface area contributed by atoms with Gasteiger partial charge >= 0.3 is 0 Å². The van der Waals surface area contributed by atoms with Gasteiger partial charge in [0.05, 0.1) is 5.92 Å². The molecule has 0 aromatic heterocycles. The SMILES string of the molecule is CC1C=C(F)C=CC1c1ccc(C(C(=O)NO)c2ccccc2)cc1. The molecule has 0 saturated heterocycles. The van der Waals surface area contributed by atoms with Crippen molar-refractivity contribution in [2.45, 2.75) is 18.8 Å². The van der Waals surface area contributed by atoms with Gasteiger partial charge in [0.1, 0.15) is 5.83 Å². The van der Waals surface area contributed by atoms with Crippen LogP contribution in [0.3, 0.4) is 0 Å². The molecule has 3 unspecified atom stereocenters. The van der Waals surface area contributed by atoms with Crippen LogP contribution in [0.2, 0.25) is 0 Å². The number of carbonyl (C=O) groups is 1. The van der Waals surface area contributed by atoms with E-state index in [-0.39, 0.29) is 17.7 Å². The number of hydrogen-bond donors (Lipinski definition) is 2. The summed E-state index contributed by atoms with van der Waals surface area (Å²) in [7, 11) is 0. The highest BCUT2D eigenvalue weighted by atomic mass is 19.1. The first-order chi connectivity index (χ1) is 12.1. The van der Waals surface area contributed by atoms with Crippen molar-refractivity contribution < 1.29 is 14.4 Å². The van der Waals surface area contributed by atoms with Crippen molar-refractivity contribution in [1.82, 2.24) is 5.48 Å². The van der Waals surface area contributed by atoms with Crippen LogP contribution in [0.4, 0.5) is 4.39 Å². The number of nitrogens with one attached hydrogen (secondary N) is 1. The van der Waals surface area contributed by atoms with Crippen molar-refractivity contribution >= 4 is 5.91 Å². The summed E-state index contributed by atoms with van der Waals surface area (Å²) >= 11 is 0. The molecule has 0 saturated carbocycles. The van der Waals surface area contributed by atoms with Gasteiger partial charge in [-0.1, -0.05) is 67.6 Å². The summed E-state index contributed by atoms with van der Waals surface area (Å²) in [5.74, 6) is -1.09. The number of hydroxylamine groups is 1. The first-order valence-electron chi connectivity index (χ1n) is 8.24. The van der Waals surface area contributed by atoms with Crippen LogP contribution in [0.15, 0.2) is 78.7 Å². The van der Waals surface area contributed by atoms with Gasteiger partial charge in [-0.3, -0.25) is 10.0 Å². The van der Waals surface area contributed by atoms with E-state index in [1.807, 2.05) is 67.6 Å². The van der Waals surface area contributed by atoms with Gasteiger partial charge in [0.2, 0.25) is 0 Å². The topological polar surface area (TPSA) is 49.3 Å². The van der Waals surface area contributed by atoms with Crippen LogP contribution in [0.5, 0.6) is 0 Å². The fourth-order valence-corrected chi connectivity index (χ4v) is 3.31. The second kappa shape index (κ2) is 7.45. The molecule has 0 aliphatic heterocycles. The van der Waals surface area contributed by atoms with E-state index in [9.17, 15) is 9.18 Å². The van der Waals surface area contributed by atoms with Gasteiger partial charge in [0, 0.05) is 5.92 Å². The van der Waals surface area contributed by atoms with E-state index in [0.717, 1.165) is 16.7 Å². The maximum atomic E-state index is 13.3. The van der Waals surface area contributed by atoms with E-state index < -0.39 is 11.8 Å². The Balaban J connectivity index is 1.90. The van der Waals surface area contributed by atoms with Crippen molar-refractivity contribution in [1.29, 1.82) is 0 Å². The van der Waals surface area contributed by atoms with E-state index in [1.54, 1.807) is 11.6 Å². The van der Waals surface area contributed by atoms with Crippen molar-refractivity contribution in [2.24, 2.45) is 5.92 Å². The summed E-state index contributed by atoms with van der Waals surface area (Å²) in [6.07, 6.45) is 4.97. The molecule has 2 aromatic rings. The maximum absolute atomic E-state index is 13.3. The zero-order valence-corrected chi connectivity index (χ0v) is 13.9. The van der Waals surface area contributed by atoms with Crippen molar-refractivity contribution in [3.05, 3.63) is 95.3 Å². The van der Waals surface area contributed by atoms with Gasteiger partial charge in [0.25, 0.3) is 5.91 Å². The molecule has 0 radical (unpaired) electrons. The second-order valence-electron chi connectivity index (χ2n) is 6.28. The number of benzene rings is 2. The smallest absolute Gasteiger partial charge is 0.255 e.